The number of rotatable bonds is 7. The van der Waals surface area contributed by atoms with E-state index in [-0.39, 0.29) is 5.41 Å². The van der Waals surface area contributed by atoms with Gasteiger partial charge in [0.05, 0.1) is 0 Å². The van der Waals surface area contributed by atoms with Gasteiger partial charge in [0.15, 0.2) is 0 Å². The minimum atomic E-state index is -0.205. The van der Waals surface area contributed by atoms with Crippen LogP contribution in [0.5, 0.6) is 0 Å². The molecule has 1 rings (SSSR count). The number of nitrogens with two attached hydrogens (primary N) is 1. The van der Waals surface area contributed by atoms with Gasteiger partial charge < -0.3 is 16.3 Å². The lowest BCUT2D eigenvalue weighted by atomic mass is 9.83. The fourth-order valence-electron chi connectivity index (χ4n) is 2.85. The van der Waals surface area contributed by atoms with Crippen LogP contribution in [-0.2, 0) is 0 Å². The van der Waals surface area contributed by atoms with E-state index in [1.807, 2.05) is 13.8 Å². The average molecular weight is 269 g/mol. The Labute approximate surface area is 117 Å². The van der Waals surface area contributed by atoms with Gasteiger partial charge in [-0.05, 0) is 39.2 Å². The maximum absolute atomic E-state index is 8.73. The number of hydrogen-bond donors (Lipinski definition) is 3. The molecule has 4 N–H and O–H groups in total. The first kappa shape index (κ1) is 16.3. The zero-order valence-electron chi connectivity index (χ0n) is 12.8. The first-order valence-electron chi connectivity index (χ1n) is 7.63. The van der Waals surface area contributed by atoms with Crippen molar-refractivity contribution in [1.29, 1.82) is 0 Å². The molecule has 0 aromatic carbocycles. The summed E-state index contributed by atoms with van der Waals surface area (Å²) in [6, 6.07) is 0. The SMILES string of the molecule is CC1(NCCCCC(C)(C)C(N)=NO)CCCCC1. The number of nitrogens with one attached hydrogen (secondary N) is 1. The maximum Gasteiger partial charge on any atom is 0.144 e. The Balaban J connectivity index is 2.17. The molecule has 0 aliphatic heterocycles. The van der Waals surface area contributed by atoms with Crippen molar-refractivity contribution in [3.8, 4) is 0 Å². The first-order chi connectivity index (χ1) is 8.90. The lowest BCUT2D eigenvalue weighted by Gasteiger charge is -2.35. The molecule has 4 heteroatoms. The van der Waals surface area contributed by atoms with E-state index in [1.54, 1.807) is 0 Å². The largest absolute Gasteiger partial charge is 0.409 e. The molecule has 0 spiro atoms. The molecule has 1 saturated carbocycles. The summed E-state index contributed by atoms with van der Waals surface area (Å²) in [7, 11) is 0. The number of unbranched alkanes of at least 4 members (excludes halogenated alkanes) is 1. The fourth-order valence-corrected chi connectivity index (χ4v) is 2.85. The van der Waals surface area contributed by atoms with Gasteiger partial charge in [-0.3, -0.25) is 0 Å². The lowest BCUT2D eigenvalue weighted by Crippen LogP contribution is -2.44. The van der Waals surface area contributed by atoms with Crippen molar-refractivity contribution in [1.82, 2.24) is 5.32 Å². The van der Waals surface area contributed by atoms with Crippen molar-refractivity contribution >= 4 is 5.84 Å². The van der Waals surface area contributed by atoms with Crippen LogP contribution >= 0.6 is 0 Å². The predicted molar refractivity (Wildman–Crippen MR) is 80.5 cm³/mol. The highest BCUT2D eigenvalue weighted by atomic mass is 16.4. The van der Waals surface area contributed by atoms with Gasteiger partial charge in [0.2, 0.25) is 0 Å². The maximum atomic E-state index is 8.73. The second-order valence-corrected chi connectivity index (χ2v) is 6.87. The van der Waals surface area contributed by atoms with E-state index >= 15 is 0 Å². The highest BCUT2D eigenvalue weighted by molar-refractivity contribution is 5.85. The molecule has 1 aliphatic carbocycles. The Kier molecular flexibility index (Phi) is 6.11. The van der Waals surface area contributed by atoms with Gasteiger partial charge >= 0.3 is 0 Å². The summed E-state index contributed by atoms with van der Waals surface area (Å²) in [5, 5.41) is 15.6. The molecule has 19 heavy (non-hydrogen) atoms. The van der Waals surface area contributed by atoms with Crippen molar-refractivity contribution in [3.05, 3.63) is 0 Å². The smallest absolute Gasteiger partial charge is 0.144 e. The Bertz CT molecular complexity index is 294. The molecule has 0 aromatic rings. The zero-order chi connectivity index (χ0) is 14.4. The standard InChI is InChI=1S/C15H31N3O/c1-14(2,13(16)18-19)9-7-8-12-17-15(3)10-5-4-6-11-15/h17,19H,4-12H2,1-3H3,(H2,16,18). The summed E-state index contributed by atoms with van der Waals surface area (Å²) in [5.74, 6) is 0.333. The highest BCUT2D eigenvalue weighted by Crippen LogP contribution is 2.28. The van der Waals surface area contributed by atoms with Crippen LogP contribution in [0.25, 0.3) is 0 Å². The van der Waals surface area contributed by atoms with Crippen molar-refractivity contribution in [2.75, 3.05) is 6.54 Å². The Hall–Kier alpha value is -0.770. The molecule has 0 aromatic heterocycles. The van der Waals surface area contributed by atoms with Crippen molar-refractivity contribution < 1.29 is 5.21 Å². The zero-order valence-corrected chi connectivity index (χ0v) is 12.8. The third-order valence-corrected chi connectivity index (χ3v) is 4.54. The van der Waals surface area contributed by atoms with Crippen molar-refractivity contribution in [2.24, 2.45) is 16.3 Å². The first-order valence-corrected chi connectivity index (χ1v) is 7.63. The fraction of sp³-hybridized carbons (Fsp3) is 0.933. The van der Waals surface area contributed by atoms with Crippen LogP contribution in [0, 0.1) is 5.41 Å². The summed E-state index contributed by atoms with van der Waals surface area (Å²) in [6.45, 7) is 7.48. The summed E-state index contributed by atoms with van der Waals surface area (Å²) in [5.41, 5.74) is 5.84. The normalized spacial score (nSPS) is 20.5. The third-order valence-electron chi connectivity index (χ3n) is 4.54. The van der Waals surface area contributed by atoms with Gasteiger partial charge in [-0.15, -0.1) is 0 Å². The van der Waals surface area contributed by atoms with E-state index in [4.69, 9.17) is 10.9 Å². The molecule has 0 radical (unpaired) electrons. The summed E-state index contributed by atoms with van der Waals surface area (Å²) >= 11 is 0. The number of hydrogen-bond acceptors (Lipinski definition) is 3. The molecule has 0 bridgehead atoms. The van der Waals surface area contributed by atoms with E-state index in [0.717, 1.165) is 25.8 Å². The molecule has 1 aliphatic rings. The van der Waals surface area contributed by atoms with Crippen LogP contribution in [0.4, 0.5) is 0 Å². The number of oxime groups is 1. The Morgan fingerprint density at radius 3 is 2.47 bits per heavy atom. The van der Waals surface area contributed by atoms with Crippen LogP contribution < -0.4 is 11.1 Å². The molecule has 4 nitrogen and oxygen atoms in total. The van der Waals surface area contributed by atoms with E-state index in [9.17, 15) is 0 Å². The van der Waals surface area contributed by atoms with Crippen molar-refractivity contribution in [2.45, 2.75) is 77.7 Å². The minimum absolute atomic E-state index is 0.205. The van der Waals surface area contributed by atoms with Crippen molar-refractivity contribution in [3.63, 3.8) is 0 Å². The van der Waals surface area contributed by atoms with Gasteiger partial charge in [-0.1, -0.05) is 44.7 Å². The topological polar surface area (TPSA) is 70.6 Å². The molecule has 0 heterocycles. The summed E-state index contributed by atoms with van der Waals surface area (Å²) in [6.07, 6.45) is 9.95. The molecular weight excluding hydrogens is 238 g/mol. The van der Waals surface area contributed by atoms with Crippen LogP contribution in [-0.4, -0.2) is 23.1 Å². The van der Waals surface area contributed by atoms with Gasteiger partial charge in [-0.2, -0.15) is 0 Å². The van der Waals surface area contributed by atoms with E-state index in [0.29, 0.717) is 11.4 Å². The number of amidine groups is 1. The summed E-state index contributed by atoms with van der Waals surface area (Å²) < 4.78 is 0. The van der Waals surface area contributed by atoms with E-state index < -0.39 is 0 Å². The monoisotopic (exact) mass is 269 g/mol. The molecule has 0 unspecified atom stereocenters. The highest BCUT2D eigenvalue weighted by Gasteiger charge is 2.26. The molecule has 1 fully saturated rings. The van der Waals surface area contributed by atoms with Gasteiger partial charge in [-0.25, -0.2) is 0 Å². The second-order valence-electron chi connectivity index (χ2n) is 6.87. The minimum Gasteiger partial charge on any atom is -0.409 e. The van der Waals surface area contributed by atoms with Crippen LogP contribution in [0.1, 0.15) is 72.1 Å². The van der Waals surface area contributed by atoms with E-state index in [2.05, 4.69) is 17.4 Å². The van der Waals surface area contributed by atoms with Gasteiger partial charge in [0.1, 0.15) is 5.84 Å². The van der Waals surface area contributed by atoms with Gasteiger partial charge in [0.25, 0.3) is 0 Å². The van der Waals surface area contributed by atoms with Crippen LogP contribution in [0.15, 0.2) is 5.16 Å². The molecule has 0 atom stereocenters. The Morgan fingerprint density at radius 1 is 1.26 bits per heavy atom. The third kappa shape index (κ3) is 5.39. The Morgan fingerprint density at radius 2 is 1.89 bits per heavy atom. The predicted octanol–water partition coefficient (Wildman–Crippen LogP) is 3.24. The molecule has 0 saturated heterocycles. The molecule has 0 amide bonds. The van der Waals surface area contributed by atoms with Crippen LogP contribution in [0.3, 0.4) is 0 Å². The number of nitrogens with zero attached hydrogens (tertiary/aromatic N) is 1. The second kappa shape index (κ2) is 7.13. The average Bonchev–Trinajstić information content (AvgIpc) is 2.38. The van der Waals surface area contributed by atoms with Gasteiger partial charge in [0, 0.05) is 11.0 Å². The van der Waals surface area contributed by atoms with E-state index in [1.165, 1.54) is 32.1 Å². The molecule has 112 valence electrons. The molecular formula is C15H31N3O. The lowest BCUT2D eigenvalue weighted by molar-refractivity contribution is 0.252. The van der Waals surface area contributed by atoms with Crippen LogP contribution in [0.2, 0.25) is 0 Å². The quantitative estimate of drug-likeness (QED) is 0.218. The summed E-state index contributed by atoms with van der Waals surface area (Å²) in [4.78, 5) is 0.